The van der Waals surface area contributed by atoms with E-state index >= 15 is 0 Å². The highest BCUT2D eigenvalue weighted by atomic mass is 19.1. The molecule has 6 nitrogen and oxygen atoms in total. The van der Waals surface area contributed by atoms with Gasteiger partial charge < -0.3 is 10.3 Å². The normalized spacial score (nSPS) is 11.6. The lowest BCUT2D eigenvalue weighted by Crippen LogP contribution is -2.09. The minimum atomic E-state index is -0.312. The Balaban J connectivity index is 1.51. The van der Waals surface area contributed by atoms with Crippen LogP contribution in [0.5, 0.6) is 0 Å². The van der Waals surface area contributed by atoms with Crippen molar-refractivity contribution in [3.05, 3.63) is 119 Å². The Morgan fingerprint density at radius 3 is 2.56 bits per heavy atom. The van der Waals surface area contributed by atoms with Crippen LogP contribution in [-0.2, 0) is 6.42 Å². The van der Waals surface area contributed by atoms with Gasteiger partial charge >= 0.3 is 0 Å². The predicted molar refractivity (Wildman–Crippen MR) is 137 cm³/mol. The Labute approximate surface area is 208 Å². The first-order chi connectivity index (χ1) is 17.6. The van der Waals surface area contributed by atoms with Crippen molar-refractivity contribution in [2.24, 2.45) is 0 Å². The summed E-state index contributed by atoms with van der Waals surface area (Å²) in [4.78, 5) is 17.4. The molecule has 176 valence electrons. The van der Waals surface area contributed by atoms with Gasteiger partial charge in [0.05, 0.1) is 34.8 Å². The van der Waals surface area contributed by atoms with E-state index in [0.29, 0.717) is 40.8 Å². The standard InChI is InChI=1S/C29H23FN6/c1-19(22-8-3-2-4-9-22)33-29-32-15-14-25(34-29)28-27(23-10-12-24(30)13-11-23)35-26(36-28)17-20-6-5-7-21(16-20)18-31/h2-16,19H,17H2,1H3,(H,35,36)(H,32,33,34)/t19-/m0/s1. The maximum Gasteiger partial charge on any atom is 0.223 e. The molecule has 3 aromatic carbocycles. The summed E-state index contributed by atoms with van der Waals surface area (Å²) < 4.78 is 13.6. The predicted octanol–water partition coefficient (Wildman–Crippen LogP) is 6.31. The van der Waals surface area contributed by atoms with E-state index < -0.39 is 0 Å². The minimum absolute atomic E-state index is 0.0164. The molecule has 0 radical (unpaired) electrons. The zero-order chi connectivity index (χ0) is 24.9. The number of benzene rings is 3. The molecule has 0 amide bonds. The molecule has 0 aliphatic rings. The number of aromatic nitrogens is 4. The van der Waals surface area contributed by atoms with Gasteiger partial charge in [-0.1, -0.05) is 42.5 Å². The molecular formula is C29H23FN6. The molecule has 0 aliphatic carbocycles. The molecule has 0 fully saturated rings. The van der Waals surface area contributed by atoms with E-state index in [0.717, 1.165) is 16.7 Å². The number of halogens is 1. The van der Waals surface area contributed by atoms with Crippen molar-refractivity contribution in [2.75, 3.05) is 5.32 Å². The Hall–Kier alpha value is -4.83. The molecule has 2 N–H and O–H groups in total. The lowest BCUT2D eigenvalue weighted by atomic mass is 10.1. The summed E-state index contributed by atoms with van der Waals surface area (Å²) in [6, 6.07) is 27.7. The average Bonchev–Trinajstić information content (AvgIpc) is 3.33. The van der Waals surface area contributed by atoms with Crippen molar-refractivity contribution in [1.29, 1.82) is 5.26 Å². The Morgan fingerprint density at radius 2 is 1.78 bits per heavy atom. The van der Waals surface area contributed by atoms with Crippen LogP contribution in [0.4, 0.5) is 10.3 Å². The van der Waals surface area contributed by atoms with Gasteiger partial charge in [-0.15, -0.1) is 0 Å². The molecule has 2 heterocycles. The molecule has 7 heteroatoms. The third-order valence-corrected chi connectivity index (χ3v) is 5.86. The summed E-state index contributed by atoms with van der Waals surface area (Å²) in [5.41, 5.74) is 5.50. The molecule has 0 saturated heterocycles. The SMILES string of the molecule is C[C@H](Nc1nccc(-c2[nH]c(Cc3cccc(C#N)c3)nc2-c2ccc(F)cc2)n1)c1ccccc1. The number of nitriles is 1. The van der Waals surface area contributed by atoms with E-state index in [4.69, 9.17) is 9.97 Å². The van der Waals surface area contributed by atoms with Crippen molar-refractivity contribution in [2.45, 2.75) is 19.4 Å². The van der Waals surface area contributed by atoms with Crippen molar-refractivity contribution in [3.8, 4) is 28.7 Å². The zero-order valence-electron chi connectivity index (χ0n) is 19.6. The number of rotatable bonds is 7. The molecule has 0 saturated carbocycles. The van der Waals surface area contributed by atoms with Gasteiger partial charge in [-0.25, -0.2) is 19.3 Å². The van der Waals surface area contributed by atoms with Gasteiger partial charge in [0.2, 0.25) is 5.95 Å². The number of hydrogen-bond donors (Lipinski definition) is 2. The van der Waals surface area contributed by atoms with Crippen molar-refractivity contribution >= 4 is 5.95 Å². The molecule has 0 aliphatic heterocycles. The number of hydrogen-bond acceptors (Lipinski definition) is 5. The summed E-state index contributed by atoms with van der Waals surface area (Å²) in [5, 5.41) is 12.6. The monoisotopic (exact) mass is 474 g/mol. The van der Waals surface area contributed by atoms with Crippen LogP contribution in [0.15, 0.2) is 91.1 Å². The van der Waals surface area contributed by atoms with Crippen LogP contribution in [0.1, 0.15) is 35.5 Å². The van der Waals surface area contributed by atoms with Gasteiger partial charge in [-0.3, -0.25) is 0 Å². The molecule has 0 spiro atoms. The lowest BCUT2D eigenvalue weighted by Gasteiger charge is -2.14. The van der Waals surface area contributed by atoms with Crippen molar-refractivity contribution < 1.29 is 4.39 Å². The van der Waals surface area contributed by atoms with E-state index in [1.165, 1.54) is 12.1 Å². The van der Waals surface area contributed by atoms with Crippen LogP contribution in [-0.4, -0.2) is 19.9 Å². The topological polar surface area (TPSA) is 90.3 Å². The molecule has 36 heavy (non-hydrogen) atoms. The smallest absolute Gasteiger partial charge is 0.223 e. The number of nitrogens with one attached hydrogen (secondary N) is 2. The first-order valence-electron chi connectivity index (χ1n) is 11.6. The van der Waals surface area contributed by atoms with Gasteiger partial charge in [-0.2, -0.15) is 5.26 Å². The molecule has 2 aromatic heterocycles. The second-order valence-corrected chi connectivity index (χ2v) is 8.45. The average molecular weight is 475 g/mol. The maximum absolute atomic E-state index is 13.6. The number of imidazole rings is 1. The summed E-state index contributed by atoms with van der Waals surface area (Å²) in [7, 11) is 0. The first kappa shape index (κ1) is 22.9. The minimum Gasteiger partial charge on any atom is -0.348 e. The van der Waals surface area contributed by atoms with Crippen LogP contribution in [0, 0.1) is 17.1 Å². The van der Waals surface area contributed by atoms with Crippen LogP contribution < -0.4 is 5.32 Å². The van der Waals surface area contributed by atoms with Crippen molar-refractivity contribution in [3.63, 3.8) is 0 Å². The van der Waals surface area contributed by atoms with Gasteiger partial charge in [0.25, 0.3) is 0 Å². The van der Waals surface area contributed by atoms with Crippen LogP contribution in [0.25, 0.3) is 22.6 Å². The van der Waals surface area contributed by atoms with E-state index in [1.807, 2.05) is 42.5 Å². The highest BCUT2D eigenvalue weighted by molar-refractivity contribution is 5.77. The molecule has 0 bridgehead atoms. The second-order valence-electron chi connectivity index (χ2n) is 8.45. The van der Waals surface area contributed by atoms with Gasteiger partial charge in [-0.05, 0) is 60.5 Å². The fraction of sp³-hybridized carbons (Fsp3) is 0.103. The second kappa shape index (κ2) is 10.2. The summed E-state index contributed by atoms with van der Waals surface area (Å²) >= 11 is 0. The third-order valence-electron chi connectivity index (χ3n) is 5.86. The van der Waals surface area contributed by atoms with E-state index in [-0.39, 0.29) is 11.9 Å². The fourth-order valence-corrected chi connectivity index (χ4v) is 4.04. The molecular weight excluding hydrogens is 451 g/mol. The zero-order valence-corrected chi connectivity index (χ0v) is 19.6. The molecule has 5 rings (SSSR count). The molecule has 5 aromatic rings. The van der Waals surface area contributed by atoms with Crippen LogP contribution >= 0.6 is 0 Å². The van der Waals surface area contributed by atoms with E-state index in [9.17, 15) is 9.65 Å². The first-order valence-corrected chi connectivity index (χ1v) is 11.6. The van der Waals surface area contributed by atoms with Gasteiger partial charge in [0, 0.05) is 18.2 Å². The summed E-state index contributed by atoms with van der Waals surface area (Å²) in [6.45, 7) is 2.05. The highest BCUT2D eigenvalue weighted by Gasteiger charge is 2.17. The number of H-pyrrole nitrogens is 1. The summed E-state index contributed by atoms with van der Waals surface area (Å²) in [5.74, 6) is 0.893. The molecule has 1 atom stereocenters. The summed E-state index contributed by atoms with van der Waals surface area (Å²) in [6.07, 6.45) is 2.21. The van der Waals surface area contributed by atoms with Crippen molar-refractivity contribution in [1.82, 2.24) is 19.9 Å². The van der Waals surface area contributed by atoms with E-state index in [1.54, 1.807) is 24.4 Å². The van der Waals surface area contributed by atoms with Crippen LogP contribution in [0.3, 0.4) is 0 Å². The number of nitrogens with zero attached hydrogens (tertiary/aromatic N) is 4. The Bertz CT molecular complexity index is 1520. The fourth-order valence-electron chi connectivity index (χ4n) is 4.04. The maximum atomic E-state index is 13.6. The quantitative estimate of drug-likeness (QED) is 0.289. The molecule has 0 unspecified atom stereocenters. The van der Waals surface area contributed by atoms with Crippen LogP contribution in [0.2, 0.25) is 0 Å². The van der Waals surface area contributed by atoms with E-state index in [2.05, 4.69) is 40.4 Å². The largest absolute Gasteiger partial charge is 0.348 e. The van der Waals surface area contributed by atoms with Gasteiger partial charge in [0.15, 0.2) is 0 Å². The Morgan fingerprint density at radius 1 is 0.972 bits per heavy atom. The van der Waals surface area contributed by atoms with Gasteiger partial charge in [0.1, 0.15) is 11.6 Å². The third kappa shape index (κ3) is 5.13. The number of anilines is 1. The number of aromatic amines is 1. The Kier molecular flexibility index (Phi) is 6.50. The highest BCUT2D eigenvalue weighted by Crippen LogP contribution is 2.30. The lowest BCUT2D eigenvalue weighted by molar-refractivity contribution is 0.628.